The van der Waals surface area contributed by atoms with Gasteiger partial charge in [0, 0.05) is 31.2 Å². The summed E-state index contributed by atoms with van der Waals surface area (Å²) in [6.07, 6.45) is 5.67. The van der Waals surface area contributed by atoms with Gasteiger partial charge in [-0.1, -0.05) is 13.8 Å². The van der Waals surface area contributed by atoms with Gasteiger partial charge in [0.15, 0.2) is 5.65 Å². The van der Waals surface area contributed by atoms with Crippen LogP contribution in [0.15, 0.2) is 35.5 Å². The Morgan fingerprint density at radius 2 is 2.09 bits per heavy atom. The number of nitrogens with one attached hydrogen (secondary N) is 1. The van der Waals surface area contributed by atoms with E-state index in [4.69, 9.17) is 0 Å². The number of rotatable bonds is 2. The molecule has 4 heterocycles. The highest BCUT2D eigenvalue weighted by molar-refractivity contribution is 5.93. The molecule has 0 amide bonds. The maximum Gasteiger partial charge on any atom is 0.346 e. The van der Waals surface area contributed by atoms with Crippen molar-refractivity contribution in [2.45, 2.75) is 19.8 Å². The van der Waals surface area contributed by atoms with Crippen LogP contribution in [0.4, 0.5) is 0 Å². The van der Waals surface area contributed by atoms with E-state index < -0.39 is 0 Å². The molecule has 116 valence electrons. The summed E-state index contributed by atoms with van der Waals surface area (Å²) in [6, 6.07) is 3.97. The summed E-state index contributed by atoms with van der Waals surface area (Å²) in [5.74, 6) is 0.125. The Hall–Kier alpha value is -2.96. The molecule has 4 aromatic heterocycles. The molecule has 7 nitrogen and oxygen atoms in total. The van der Waals surface area contributed by atoms with E-state index in [1.807, 2.05) is 49.8 Å². The summed E-state index contributed by atoms with van der Waals surface area (Å²) < 4.78 is 3.74. The number of hydrogen-bond donors (Lipinski definition) is 1. The molecule has 4 aromatic rings. The van der Waals surface area contributed by atoms with Crippen molar-refractivity contribution in [3.63, 3.8) is 0 Å². The van der Waals surface area contributed by atoms with Crippen LogP contribution in [0.2, 0.25) is 0 Å². The number of pyridine rings is 1. The van der Waals surface area contributed by atoms with Gasteiger partial charge in [0.25, 0.3) is 0 Å². The molecule has 0 atom stereocenters. The molecule has 23 heavy (non-hydrogen) atoms. The minimum Gasteiger partial charge on any atom is -0.306 e. The summed E-state index contributed by atoms with van der Waals surface area (Å²) in [7, 11) is 1.87. The Labute approximate surface area is 131 Å². The van der Waals surface area contributed by atoms with Crippen LogP contribution in [-0.2, 0) is 7.05 Å². The fourth-order valence-corrected chi connectivity index (χ4v) is 2.96. The van der Waals surface area contributed by atoms with Gasteiger partial charge in [-0.2, -0.15) is 10.1 Å². The SMILES string of the molecule is CC(C)c1nc(=O)[nH]c2nn(C)c(-c3ccc4nccn4c3)c12. The van der Waals surface area contributed by atoms with Crippen LogP contribution in [0.25, 0.3) is 27.9 Å². The van der Waals surface area contributed by atoms with Gasteiger partial charge >= 0.3 is 5.69 Å². The van der Waals surface area contributed by atoms with Crippen molar-refractivity contribution in [2.24, 2.45) is 7.05 Å². The van der Waals surface area contributed by atoms with Crippen LogP contribution in [0.3, 0.4) is 0 Å². The van der Waals surface area contributed by atoms with Gasteiger partial charge in [-0.15, -0.1) is 0 Å². The molecule has 0 fully saturated rings. The maximum atomic E-state index is 11.8. The van der Waals surface area contributed by atoms with E-state index in [0.717, 1.165) is 28.0 Å². The molecule has 4 rings (SSSR count). The average molecular weight is 308 g/mol. The summed E-state index contributed by atoms with van der Waals surface area (Å²) in [5.41, 5.74) is 3.78. The molecule has 0 radical (unpaired) electrons. The number of hydrogen-bond acceptors (Lipinski definition) is 4. The van der Waals surface area contributed by atoms with E-state index in [0.29, 0.717) is 5.65 Å². The zero-order valence-electron chi connectivity index (χ0n) is 13.1. The Kier molecular flexibility index (Phi) is 2.84. The molecule has 1 N–H and O–H groups in total. The topological polar surface area (TPSA) is 80.9 Å². The fourth-order valence-electron chi connectivity index (χ4n) is 2.96. The summed E-state index contributed by atoms with van der Waals surface area (Å²) in [5, 5.41) is 5.35. The fraction of sp³-hybridized carbons (Fsp3) is 0.250. The lowest BCUT2D eigenvalue weighted by molar-refractivity contribution is 0.782. The van der Waals surface area contributed by atoms with E-state index in [1.54, 1.807) is 10.9 Å². The Bertz CT molecular complexity index is 1090. The standard InChI is InChI=1S/C16H16N6O/c1-9(2)13-12-14(21(3)20-15(12)19-16(23)18-13)10-4-5-11-17-6-7-22(11)8-10/h4-9H,1-3H3,(H,19,20,23). The largest absolute Gasteiger partial charge is 0.346 e. The van der Waals surface area contributed by atoms with Crippen LogP contribution < -0.4 is 5.69 Å². The van der Waals surface area contributed by atoms with Gasteiger partial charge in [0.05, 0.1) is 16.8 Å². The molecular formula is C16H16N6O. The molecular weight excluding hydrogens is 292 g/mol. The van der Waals surface area contributed by atoms with Crippen LogP contribution >= 0.6 is 0 Å². The van der Waals surface area contributed by atoms with Crippen molar-refractivity contribution in [3.8, 4) is 11.3 Å². The third kappa shape index (κ3) is 2.04. The van der Waals surface area contributed by atoms with Crippen molar-refractivity contribution in [3.05, 3.63) is 46.9 Å². The van der Waals surface area contributed by atoms with E-state index in [1.165, 1.54) is 0 Å². The predicted molar refractivity (Wildman–Crippen MR) is 87.4 cm³/mol. The molecule has 0 saturated heterocycles. The van der Waals surface area contributed by atoms with Crippen molar-refractivity contribution in [1.82, 2.24) is 29.1 Å². The minimum absolute atomic E-state index is 0.125. The lowest BCUT2D eigenvalue weighted by Gasteiger charge is -2.08. The summed E-state index contributed by atoms with van der Waals surface area (Å²) in [6.45, 7) is 4.05. The maximum absolute atomic E-state index is 11.8. The number of nitrogens with zero attached hydrogens (tertiary/aromatic N) is 5. The number of fused-ring (bicyclic) bond motifs is 2. The normalized spacial score (nSPS) is 11.8. The van der Waals surface area contributed by atoms with Gasteiger partial charge in [0.2, 0.25) is 0 Å². The van der Waals surface area contributed by atoms with Crippen molar-refractivity contribution in [2.75, 3.05) is 0 Å². The Morgan fingerprint density at radius 1 is 1.26 bits per heavy atom. The first kappa shape index (κ1) is 13.7. The minimum atomic E-state index is -0.365. The first-order valence-corrected chi connectivity index (χ1v) is 7.44. The zero-order valence-corrected chi connectivity index (χ0v) is 13.1. The number of aromatic amines is 1. The van der Waals surface area contributed by atoms with Gasteiger partial charge < -0.3 is 4.40 Å². The molecule has 0 aliphatic rings. The van der Waals surface area contributed by atoms with Crippen LogP contribution in [0, 0.1) is 0 Å². The number of H-pyrrole nitrogens is 1. The van der Waals surface area contributed by atoms with Crippen LogP contribution in [0.1, 0.15) is 25.5 Å². The van der Waals surface area contributed by atoms with Gasteiger partial charge in [-0.05, 0) is 18.1 Å². The van der Waals surface area contributed by atoms with Crippen molar-refractivity contribution < 1.29 is 0 Å². The molecule has 0 spiro atoms. The molecule has 0 unspecified atom stereocenters. The second kappa shape index (κ2) is 4.77. The van der Waals surface area contributed by atoms with E-state index in [9.17, 15) is 4.79 Å². The second-order valence-electron chi connectivity index (χ2n) is 5.89. The summed E-state index contributed by atoms with van der Waals surface area (Å²) in [4.78, 5) is 22.9. The number of aryl methyl sites for hydroxylation is 1. The average Bonchev–Trinajstić information content (AvgIpc) is 3.08. The highest BCUT2D eigenvalue weighted by Gasteiger charge is 2.19. The third-order valence-corrected chi connectivity index (χ3v) is 3.96. The number of aromatic nitrogens is 6. The second-order valence-corrected chi connectivity index (χ2v) is 5.89. The lowest BCUT2D eigenvalue weighted by atomic mass is 10.0. The van der Waals surface area contributed by atoms with Crippen LogP contribution in [-0.4, -0.2) is 29.1 Å². The highest BCUT2D eigenvalue weighted by atomic mass is 16.1. The monoisotopic (exact) mass is 308 g/mol. The number of imidazole rings is 1. The quantitative estimate of drug-likeness (QED) is 0.615. The molecule has 0 aliphatic carbocycles. The lowest BCUT2D eigenvalue weighted by Crippen LogP contribution is -2.13. The first-order chi connectivity index (χ1) is 11.0. The molecule has 0 bridgehead atoms. The summed E-state index contributed by atoms with van der Waals surface area (Å²) >= 11 is 0. The van der Waals surface area contributed by atoms with Gasteiger partial charge in [-0.25, -0.2) is 9.78 Å². The van der Waals surface area contributed by atoms with E-state index in [2.05, 4.69) is 20.1 Å². The molecule has 0 aromatic carbocycles. The van der Waals surface area contributed by atoms with Gasteiger partial charge in [-0.3, -0.25) is 9.67 Å². The molecule has 0 aliphatic heterocycles. The third-order valence-electron chi connectivity index (χ3n) is 3.96. The highest BCUT2D eigenvalue weighted by Crippen LogP contribution is 2.31. The zero-order chi connectivity index (χ0) is 16.1. The molecule has 7 heteroatoms. The molecule has 0 saturated carbocycles. The Balaban J connectivity index is 2.09. The van der Waals surface area contributed by atoms with Gasteiger partial charge in [0.1, 0.15) is 5.65 Å². The Morgan fingerprint density at radius 3 is 2.87 bits per heavy atom. The smallest absolute Gasteiger partial charge is 0.306 e. The van der Waals surface area contributed by atoms with E-state index in [-0.39, 0.29) is 11.6 Å². The van der Waals surface area contributed by atoms with E-state index >= 15 is 0 Å². The van der Waals surface area contributed by atoms with Crippen LogP contribution in [0.5, 0.6) is 0 Å². The predicted octanol–water partition coefficient (Wildman–Crippen LogP) is 2.09. The van der Waals surface area contributed by atoms with Crippen molar-refractivity contribution in [1.29, 1.82) is 0 Å². The van der Waals surface area contributed by atoms with Crippen molar-refractivity contribution >= 4 is 16.7 Å². The first-order valence-electron chi connectivity index (χ1n) is 7.44.